The van der Waals surface area contributed by atoms with Crippen LogP contribution in [0.5, 0.6) is 0 Å². The van der Waals surface area contributed by atoms with Crippen LogP contribution >= 0.6 is 0 Å². The Morgan fingerprint density at radius 2 is 2.28 bits per heavy atom. The quantitative estimate of drug-likeness (QED) is 0.728. The molecule has 7 nitrogen and oxygen atoms in total. The Labute approximate surface area is 104 Å². The van der Waals surface area contributed by atoms with Gasteiger partial charge in [-0.15, -0.1) is 0 Å². The number of rotatable bonds is 5. The van der Waals surface area contributed by atoms with E-state index >= 15 is 0 Å². The van der Waals surface area contributed by atoms with Crippen LogP contribution < -0.4 is 11.1 Å². The van der Waals surface area contributed by atoms with Crippen molar-refractivity contribution in [3.05, 3.63) is 36.8 Å². The standard InChI is InChI=1S/C11H14N6O/c12-10-7-14-6-9(16-10)11(18)15-2-1-4-17-5-3-13-8-17/h3,5-8H,1-2,4H2,(H2,12,16)(H,15,18). The normalized spacial score (nSPS) is 10.2. The third-order valence-electron chi connectivity index (χ3n) is 2.32. The highest BCUT2D eigenvalue weighted by Gasteiger charge is 2.06. The van der Waals surface area contributed by atoms with Crippen LogP contribution in [0.3, 0.4) is 0 Å². The van der Waals surface area contributed by atoms with Gasteiger partial charge >= 0.3 is 0 Å². The average Bonchev–Trinajstić information content (AvgIpc) is 2.87. The molecular weight excluding hydrogens is 232 g/mol. The highest BCUT2D eigenvalue weighted by Crippen LogP contribution is 1.97. The molecule has 2 rings (SSSR count). The van der Waals surface area contributed by atoms with Crippen LogP contribution in [0, 0.1) is 0 Å². The molecule has 0 aliphatic heterocycles. The van der Waals surface area contributed by atoms with Gasteiger partial charge in [-0.05, 0) is 6.42 Å². The maximum Gasteiger partial charge on any atom is 0.271 e. The molecule has 0 atom stereocenters. The van der Waals surface area contributed by atoms with Gasteiger partial charge in [0.15, 0.2) is 0 Å². The Hall–Kier alpha value is -2.44. The smallest absolute Gasteiger partial charge is 0.271 e. The third kappa shape index (κ3) is 3.27. The SMILES string of the molecule is Nc1cncc(C(=O)NCCCn2ccnc2)n1. The van der Waals surface area contributed by atoms with Gasteiger partial charge in [0.1, 0.15) is 11.5 Å². The van der Waals surface area contributed by atoms with E-state index in [2.05, 4.69) is 20.3 Å². The van der Waals surface area contributed by atoms with Crippen LogP contribution in [0.25, 0.3) is 0 Å². The highest BCUT2D eigenvalue weighted by molar-refractivity contribution is 5.92. The van der Waals surface area contributed by atoms with Crippen molar-refractivity contribution in [3.8, 4) is 0 Å². The molecule has 0 aromatic carbocycles. The Morgan fingerprint density at radius 1 is 1.39 bits per heavy atom. The fourth-order valence-corrected chi connectivity index (χ4v) is 1.46. The Kier molecular flexibility index (Phi) is 3.85. The molecule has 3 N–H and O–H groups in total. The summed E-state index contributed by atoms with van der Waals surface area (Å²) in [6.07, 6.45) is 8.95. The van der Waals surface area contributed by atoms with E-state index < -0.39 is 0 Å². The summed E-state index contributed by atoms with van der Waals surface area (Å²) >= 11 is 0. The van der Waals surface area contributed by atoms with Crippen molar-refractivity contribution in [2.45, 2.75) is 13.0 Å². The zero-order valence-corrected chi connectivity index (χ0v) is 9.78. The second kappa shape index (κ2) is 5.76. The number of hydrogen-bond acceptors (Lipinski definition) is 5. The number of carbonyl (C=O) groups is 1. The van der Waals surface area contributed by atoms with Crippen LogP contribution in [0.15, 0.2) is 31.1 Å². The van der Waals surface area contributed by atoms with Crippen LogP contribution in [-0.4, -0.2) is 32.0 Å². The zero-order chi connectivity index (χ0) is 12.8. The van der Waals surface area contributed by atoms with Crippen LogP contribution in [-0.2, 0) is 6.54 Å². The number of anilines is 1. The number of amides is 1. The van der Waals surface area contributed by atoms with Crippen LogP contribution in [0.4, 0.5) is 5.82 Å². The van der Waals surface area contributed by atoms with Gasteiger partial charge in [0.2, 0.25) is 0 Å². The van der Waals surface area contributed by atoms with E-state index in [1.165, 1.54) is 12.4 Å². The Morgan fingerprint density at radius 3 is 3.00 bits per heavy atom. The molecular formula is C11H14N6O. The molecule has 0 aliphatic rings. The molecule has 0 fully saturated rings. The van der Waals surface area contributed by atoms with E-state index in [4.69, 9.17) is 5.73 Å². The molecule has 0 unspecified atom stereocenters. The van der Waals surface area contributed by atoms with Crippen molar-refractivity contribution in [2.24, 2.45) is 0 Å². The third-order valence-corrected chi connectivity index (χ3v) is 2.32. The van der Waals surface area contributed by atoms with E-state index in [1.807, 2.05) is 10.8 Å². The molecule has 18 heavy (non-hydrogen) atoms. The monoisotopic (exact) mass is 246 g/mol. The lowest BCUT2D eigenvalue weighted by Gasteiger charge is -2.05. The summed E-state index contributed by atoms with van der Waals surface area (Å²) in [6.45, 7) is 1.37. The van der Waals surface area contributed by atoms with E-state index in [0.29, 0.717) is 6.54 Å². The van der Waals surface area contributed by atoms with Gasteiger partial charge in [-0.25, -0.2) is 9.97 Å². The minimum atomic E-state index is -0.263. The fourth-order valence-electron chi connectivity index (χ4n) is 1.46. The van der Waals surface area contributed by atoms with Crippen LogP contribution in [0.2, 0.25) is 0 Å². The molecule has 0 radical (unpaired) electrons. The van der Waals surface area contributed by atoms with Crippen molar-refractivity contribution in [3.63, 3.8) is 0 Å². The molecule has 0 saturated heterocycles. The lowest BCUT2D eigenvalue weighted by atomic mass is 10.3. The van der Waals surface area contributed by atoms with Gasteiger partial charge in [0.05, 0.1) is 18.7 Å². The number of imidazole rings is 1. The van der Waals surface area contributed by atoms with Gasteiger partial charge in [0.25, 0.3) is 5.91 Å². The second-order valence-corrected chi connectivity index (χ2v) is 3.74. The molecule has 94 valence electrons. The van der Waals surface area contributed by atoms with Crippen LogP contribution in [0.1, 0.15) is 16.9 Å². The minimum absolute atomic E-state index is 0.234. The van der Waals surface area contributed by atoms with E-state index in [1.54, 1.807) is 12.5 Å². The fraction of sp³-hybridized carbons (Fsp3) is 0.273. The summed E-state index contributed by atoms with van der Waals surface area (Å²) in [4.78, 5) is 23.3. The number of nitrogens with two attached hydrogens (primary N) is 1. The molecule has 2 heterocycles. The first kappa shape index (κ1) is 12.0. The molecule has 2 aromatic rings. The van der Waals surface area contributed by atoms with Crippen molar-refractivity contribution >= 4 is 11.7 Å². The number of hydrogen-bond donors (Lipinski definition) is 2. The maximum atomic E-state index is 11.7. The molecule has 2 aromatic heterocycles. The molecule has 0 spiro atoms. The maximum absolute atomic E-state index is 11.7. The number of nitrogens with zero attached hydrogens (tertiary/aromatic N) is 4. The number of carbonyl (C=O) groups excluding carboxylic acids is 1. The van der Waals surface area contributed by atoms with E-state index in [0.717, 1.165) is 13.0 Å². The molecule has 0 bridgehead atoms. The minimum Gasteiger partial charge on any atom is -0.382 e. The topological polar surface area (TPSA) is 98.7 Å². The van der Waals surface area contributed by atoms with Gasteiger partial charge in [0, 0.05) is 25.5 Å². The first-order chi connectivity index (χ1) is 8.75. The first-order valence-corrected chi connectivity index (χ1v) is 5.57. The van der Waals surface area contributed by atoms with Gasteiger partial charge < -0.3 is 15.6 Å². The van der Waals surface area contributed by atoms with Crippen molar-refractivity contribution < 1.29 is 4.79 Å². The lowest BCUT2D eigenvalue weighted by Crippen LogP contribution is -2.26. The second-order valence-electron chi connectivity index (χ2n) is 3.74. The lowest BCUT2D eigenvalue weighted by molar-refractivity contribution is 0.0947. The first-order valence-electron chi connectivity index (χ1n) is 5.57. The van der Waals surface area contributed by atoms with E-state index in [-0.39, 0.29) is 17.4 Å². The van der Waals surface area contributed by atoms with Gasteiger partial charge in [-0.1, -0.05) is 0 Å². The molecule has 0 saturated carbocycles. The number of nitrogen functional groups attached to an aromatic ring is 1. The Bertz CT molecular complexity index is 510. The zero-order valence-electron chi connectivity index (χ0n) is 9.78. The molecule has 1 amide bonds. The summed E-state index contributed by atoms with van der Waals surface area (Å²) in [6, 6.07) is 0. The number of nitrogens with one attached hydrogen (secondary N) is 1. The van der Waals surface area contributed by atoms with E-state index in [9.17, 15) is 4.79 Å². The summed E-state index contributed by atoms with van der Waals surface area (Å²) < 4.78 is 1.95. The van der Waals surface area contributed by atoms with Gasteiger partial charge in [-0.2, -0.15) is 0 Å². The van der Waals surface area contributed by atoms with Gasteiger partial charge in [-0.3, -0.25) is 9.78 Å². The Balaban J connectivity index is 1.75. The summed E-state index contributed by atoms with van der Waals surface area (Å²) in [5, 5.41) is 2.76. The average molecular weight is 246 g/mol. The number of aryl methyl sites for hydroxylation is 1. The summed E-state index contributed by atoms with van der Waals surface area (Å²) in [5.74, 6) is -0.0264. The molecule has 0 aliphatic carbocycles. The number of aromatic nitrogens is 4. The van der Waals surface area contributed by atoms with Crippen molar-refractivity contribution in [1.82, 2.24) is 24.8 Å². The predicted molar refractivity (Wildman–Crippen MR) is 65.6 cm³/mol. The van der Waals surface area contributed by atoms with Crippen molar-refractivity contribution in [1.29, 1.82) is 0 Å². The predicted octanol–water partition coefficient (Wildman–Crippen LogP) is 0.0754. The highest BCUT2D eigenvalue weighted by atomic mass is 16.1. The summed E-state index contributed by atoms with van der Waals surface area (Å²) in [7, 11) is 0. The summed E-state index contributed by atoms with van der Waals surface area (Å²) in [5.41, 5.74) is 5.69. The molecule has 7 heteroatoms. The van der Waals surface area contributed by atoms with Crippen molar-refractivity contribution in [2.75, 3.05) is 12.3 Å². The largest absolute Gasteiger partial charge is 0.382 e.